The highest BCUT2D eigenvalue weighted by molar-refractivity contribution is 7.91. The molecule has 0 heterocycles. The molecule has 0 saturated heterocycles. The van der Waals surface area contributed by atoms with Crippen molar-refractivity contribution >= 4 is 45.7 Å². The highest BCUT2D eigenvalue weighted by Gasteiger charge is 2.27. The first-order valence-corrected chi connectivity index (χ1v) is 24.0. The Labute approximate surface area is 358 Å². The van der Waals surface area contributed by atoms with E-state index in [2.05, 4.69) is 4.18 Å². The second-order valence-corrected chi connectivity index (χ2v) is 20.5. The van der Waals surface area contributed by atoms with E-state index < -0.39 is 90.9 Å². The lowest BCUT2D eigenvalue weighted by Gasteiger charge is -2.14. The Kier molecular flexibility index (Phi) is 12.9. The molecule has 0 amide bonds. The fourth-order valence-corrected chi connectivity index (χ4v) is 9.08. The molecule has 0 radical (unpaired) electrons. The normalized spacial score (nSPS) is 12.2. The molecule has 0 saturated carbocycles. The Morgan fingerprint density at radius 1 is 0.571 bits per heavy atom. The highest BCUT2D eigenvalue weighted by Crippen LogP contribution is 2.36. The molecule has 0 unspecified atom stereocenters. The zero-order valence-electron chi connectivity index (χ0n) is 32.5. The molecule has 0 aliphatic heterocycles. The van der Waals surface area contributed by atoms with Crippen LogP contribution in [-0.2, 0) is 49.8 Å². The molecule has 0 bridgehead atoms. The van der Waals surface area contributed by atoms with Crippen LogP contribution in [-0.4, -0.2) is 57.4 Å². The molecule has 6 aromatic carbocycles. The highest BCUT2D eigenvalue weighted by atomic mass is 32.2. The predicted molar refractivity (Wildman–Crippen MR) is 215 cm³/mol. The molecule has 0 spiro atoms. The number of benzene rings is 6. The fraction of sp³-hybridized carbons (Fsp3) is 0.0976. The topological polar surface area (TPSA) is 211 Å². The summed E-state index contributed by atoms with van der Waals surface area (Å²) in [6, 6.07) is 20.5. The van der Waals surface area contributed by atoms with E-state index in [-0.39, 0.29) is 60.1 Å². The Hall–Kier alpha value is -6.17. The first-order valence-electron chi connectivity index (χ1n) is 17.6. The molecule has 330 valence electrons. The molecular formula is C41H30F4O14S4. The number of ketones is 1. The van der Waals surface area contributed by atoms with Gasteiger partial charge in [0.05, 0.1) is 21.8 Å². The zero-order chi connectivity index (χ0) is 46.2. The largest absolute Gasteiger partial charge is 0.457 e. The van der Waals surface area contributed by atoms with Crippen LogP contribution in [0.2, 0.25) is 0 Å². The van der Waals surface area contributed by atoms with Crippen LogP contribution < -0.4 is 14.2 Å². The summed E-state index contributed by atoms with van der Waals surface area (Å²) in [5.41, 5.74) is -1.54. The van der Waals surface area contributed by atoms with Gasteiger partial charge in [-0.25, -0.2) is 25.6 Å². The van der Waals surface area contributed by atoms with Gasteiger partial charge in [0.1, 0.15) is 39.4 Å². The van der Waals surface area contributed by atoms with Crippen LogP contribution in [0.4, 0.5) is 17.6 Å². The second kappa shape index (κ2) is 17.5. The van der Waals surface area contributed by atoms with Crippen molar-refractivity contribution in [3.63, 3.8) is 0 Å². The molecule has 6 rings (SSSR count). The van der Waals surface area contributed by atoms with Gasteiger partial charge in [-0.05, 0) is 116 Å². The van der Waals surface area contributed by atoms with Gasteiger partial charge in [0, 0.05) is 28.5 Å². The van der Waals surface area contributed by atoms with Crippen LogP contribution in [0.15, 0.2) is 129 Å². The van der Waals surface area contributed by atoms with Crippen LogP contribution in [0.1, 0.15) is 27.0 Å². The van der Waals surface area contributed by atoms with E-state index in [4.69, 9.17) is 14.2 Å². The standard InChI is InChI=1S/C41H30F4O14S4/c1-23-36(42)38(44)41(39(45)37(23)43)59-29-10-16-32(17-11-29)62(52,53)31-14-8-27(9-15-31)57-33-18-4-24(20-26(33)22-61(49,50)51)40(46)25-5-19-34(35(21-25)63(54,55)56-2)58-28-6-12-30(13-7-28)60(3,47)48/h4-21H,22H2,1-3H3,(H,49,50,51). The summed E-state index contributed by atoms with van der Waals surface area (Å²) in [5, 5.41) is 0. The summed E-state index contributed by atoms with van der Waals surface area (Å²) < 4.78 is 188. The molecule has 1 N–H and O–H groups in total. The summed E-state index contributed by atoms with van der Waals surface area (Å²) >= 11 is 0. The maximum Gasteiger partial charge on any atom is 0.300 e. The third kappa shape index (κ3) is 10.2. The predicted octanol–water partition coefficient (Wildman–Crippen LogP) is 8.12. The maximum absolute atomic E-state index is 14.3. The van der Waals surface area contributed by atoms with Crippen LogP contribution >= 0.6 is 0 Å². The van der Waals surface area contributed by atoms with Crippen molar-refractivity contribution in [2.45, 2.75) is 32.3 Å². The number of halogens is 4. The Morgan fingerprint density at radius 3 is 1.46 bits per heavy atom. The van der Waals surface area contributed by atoms with Gasteiger partial charge in [0.15, 0.2) is 27.3 Å². The molecule has 6 aromatic rings. The first kappa shape index (κ1) is 46.3. The molecular weight excluding hydrogens is 921 g/mol. The summed E-state index contributed by atoms with van der Waals surface area (Å²) in [4.78, 5) is 12.5. The van der Waals surface area contributed by atoms with Crippen molar-refractivity contribution in [2.75, 3.05) is 13.4 Å². The van der Waals surface area contributed by atoms with E-state index >= 15 is 0 Å². The third-order valence-corrected chi connectivity index (χ3v) is 13.9. The zero-order valence-corrected chi connectivity index (χ0v) is 35.8. The Morgan fingerprint density at radius 2 is 1.00 bits per heavy atom. The molecule has 0 fully saturated rings. The van der Waals surface area contributed by atoms with Crippen molar-refractivity contribution < 1.29 is 79.0 Å². The van der Waals surface area contributed by atoms with Gasteiger partial charge < -0.3 is 14.2 Å². The molecule has 22 heteroatoms. The minimum Gasteiger partial charge on any atom is -0.457 e. The van der Waals surface area contributed by atoms with Gasteiger partial charge >= 0.3 is 0 Å². The van der Waals surface area contributed by atoms with Gasteiger partial charge in [0.2, 0.25) is 27.2 Å². The van der Waals surface area contributed by atoms with Gasteiger partial charge in [-0.3, -0.25) is 13.5 Å². The Balaban J connectivity index is 1.23. The lowest BCUT2D eigenvalue weighted by atomic mass is 10.0. The number of sulfone groups is 2. The van der Waals surface area contributed by atoms with Gasteiger partial charge in [0.25, 0.3) is 20.2 Å². The molecule has 0 atom stereocenters. The average molecular weight is 951 g/mol. The fourth-order valence-electron chi connectivity index (χ4n) is 5.76. The van der Waals surface area contributed by atoms with Crippen molar-refractivity contribution in [3.8, 4) is 34.5 Å². The summed E-state index contributed by atoms with van der Waals surface area (Å²) in [5.74, 6) is -11.0. The molecule has 0 aliphatic carbocycles. The van der Waals surface area contributed by atoms with Crippen LogP contribution in [0.3, 0.4) is 0 Å². The molecule has 63 heavy (non-hydrogen) atoms. The number of carbonyl (C=O) groups excluding carboxylic acids is 1. The molecule has 0 aromatic heterocycles. The minimum absolute atomic E-state index is 0.0224. The number of carbonyl (C=O) groups is 1. The van der Waals surface area contributed by atoms with Crippen LogP contribution in [0.25, 0.3) is 0 Å². The minimum atomic E-state index is -4.76. The third-order valence-electron chi connectivity index (χ3n) is 8.99. The lowest BCUT2D eigenvalue weighted by Crippen LogP contribution is -2.09. The van der Waals surface area contributed by atoms with Crippen LogP contribution in [0.5, 0.6) is 34.5 Å². The summed E-state index contributed by atoms with van der Waals surface area (Å²) in [6.45, 7) is 0.831. The van der Waals surface area contributed by atoms with E-state index in [0.717, 1.165) is 74.9 Å². The first-order chi connectivity index (χ1) is 29.4. The summed E-state index contributed by atoms with van der Waals surface area (Å²) in [7, 11) is -16.2. The average Bonchev–Trinajstić information content (AvgIpc) is 3.24. The SMILES string of the molecule is COS(=O)(=O)c1cc(C(=O)c2ccc(Oc3ccc(S(=O)(=O)c4ccc(Oc5c(F)c(F)c(C)c(F)c5F)cc4)cc3)c(CS(=O)(=O)O)c2)ccc1Oc1ccc(S(C)(=O)=O)cc1. The number of hydrogen-bond acceptors (Lipinski definition) is 13. The summed E-state index contributed by atoms with van der Waals surface area (Å²) in [6.07, 6.45) is 0.999. The number of hydrogen-bond donors (Lipinski definition) is 1. The van der Waals surface area contributed by atoms with E-state index in [1.807, 2.05) is 0 Å². The lowest BCUT2D eigenvalue weighted by molar-refractivity contribution is 0.103. The maximum atomic E-state index is 14.3. The van der Waals surface area contributed by atoms with E-state index in [9.17, 15) is 60.6 Å². The Bertz CT molecular complexity index is 3210. The van der Waals surface area contributed by atoms with Crippen molar-refractivity contribution in [1.82, 2.24) is 0 Å². The van der Waals surface area contributed by atoms with Crippen molar-refractivity contribution in [3.05, 3.63) is 155 Å². The van der Waals surface area contributed by atoms with E-state index in [0.29, 0.717) is 0 Å². The van der Waals surface area contributed by atoms with E-state index in [1.165, 1.54) is 54.6 Å². The van der Waals surface area contributed by atoms with Gasteiger partial charge in [-0.1, -0.05) is 0 Å². The smallest absolute Gasteiger partial charge is 0.300 e. The van der Waals surface area contributed by atoms with Gasteiger partial charge in [-0.15, -0.1) is 0 Å². The van der Waals surface area contributed by atoms with Crippen LogP contribution in [0, 0.1) is 30.2 Å². The van der Waals surface area contributed by atoms with E-state index in [1.54, 1.807) is 0 Å². The van der Waals surface area contributed by atoms with Crippen molar-refractivity contribution in [1.29, 1.82) is 0 Å². The van der Waals surface area contributed by atoms with Gasteiger partial charge in [-0.2, -0.15) is 25.6 Å². The number of ether oxygens (including phenoxy) is 3. The number of rotatable bonds is 15. The molecule has 14 nitrogen and oxygen atoms in total. The van der Waals surface area contributed by atoms with Crippen molar-refractivity contribution in [2.24, 2.45) is 0 Å². The quantitative estimate of drug-likeness (QED) is 0.0339. The molecule has 0 aliphatic rings. The second-order valence-electron chi connectivity index (χ2n) is 13.4. The monoisotopic (exact) mass is 950 g/mol.